The Labute approximate surface area is 355 Å². The quantitative estimate of drug-likeness (QED) is 0.149. The van der Waals surface area contributed by atoms with E-state index in [1.807, 2.05) is 0 Å². The van der Waals surface area contributed by atoms with Crippen LogP contribution in [0.2, 0.25) is 0 Å². The molecule has 60 heavy (non-hydrogen) atoms. The average molecular weight is 772 g/mol. The molecule has 0 unspecified atom stereocenters. The lowest BCUT2D eigenvalue weighted by atomic mass is 9.51. The lowest BCUT2D eigenvalue weighted by Gasteiger charge is -2.54. The highest BCUT2D eigenvalue weighted by Gasteiger charge is 2.49. The van der Waals surface area contributed by atoms with E-state index in [4.69, 9.17) is 0 Å². The van der Waals surface area contributed by atoms with E-state index in [0.717, 1.165) is 35.0 Å². The number of rotatable bonds is 8. The smallest absolute Gasteiger partial charge is 0.0714 e. The first-order valence-corrected chi connectivity index (χ1v) is 22.2. The van der Waals surface area contributed by atoms with Crippen molar-refractivity contribution in [3.8, 4) is 33.4 Å². The monoisotopic (exact) mass is 771 g/mol. The summed E-state index contributed by atoms with van der Waals surface area (Å²) in [5.74, 6) is 4.38. The molecular formula is C59H49N. The molecule has 1 heteroatoms. The van der Waals surface area contributed by atoms with Crippen LogP contribution in [0.5, 0.6) is 0 Å². The van der Waals surface area contributed by atoms with E-state index in [9.17, 15) is 0 Å². The highest BCUT2D eigenvalue weighted by atomic mass is 15.1. The first-order valence-electron chi connectivity index (χ1n) is 22.2. The molecule has 0 amide bonds. The zero-order chi connectivity index (χ0) is 39.6. The van der Waals surface area contributed by atoms with Crippen LogP contribution in [0.3, 0.4) is 0 Å². The summed E-state index contributed by atoms with van der Waals surface area (Å²) in [7, 11) is 0. The van der Waals surface area contributed by atoms with Gasteiger partial charge in [-0.25, -0.2) is 0 Å². The molecule has 0 radical (unpaired) electrons. The van der Waals surface area contributed by atoms with Gasteiger partial charge < -0.3 is 4.90 Å². The zero-order valence-electron chi connectivity index (χ0n) is 34.0. The summed E-state index contributed by atoms with van der Waals surface area (Å²) < 4.78 is 0. The molecule has 4 fully saturated rings. The van der Waals surface area contributed by atoms with Gasteiger partial charge in [0, 0.05) is 17.1 Å². The van der Waals surface area contributed by atoms with Crippen molar-refractivity contribution in [2.45, 2.75) is 43.4 Å². The van der Waals surface area contributed by atoms with Crippen LogP contribution in [0, 0.1) is 23.7 Å². The minimum atomic E-state index is -0.468. The largest absolute Gasteiger partial charge is 0.310 e. The van der Waals surface area contributed by atoms with E-state index in [-0.39, 0.29) is 0 Å². The predicted octanol–water partition coefficient (Wildman–Crippen LogP) is 15.4. The Bertz CT molecular complexity index is 2740. The first-order chi connectivity index (χ1) is 29.7. The molecule has 0 aliphatic heterocycles. The topological polar surface area (TPSA) is 3.24 Å². The summed E-state index contributed by atoms with van der Waals surface area (Å²) in [5, 5.41) is 0. The van der Waals surface area contributed by atoms with E-state index >= 15 is 0 Å². The standard InChI is InChI=1S/C59H49N/c1-4-14-42(15-5-1)52-20-10-11-21-53(52)43-24-28-49(29-25-43)60(50-30-26-44(27-31-50)58-45-35-40-34-41(37-45)38-46(58)36-40)51-32-33-55-54-22-12-13-23-56(54)59(57(55)39-51,47-16-6-2-7-17-47)48-18-8-3-9-19-48/h1-33,39-41,45-46,58H,34-38H2. The Hall–Kier alpha value is -6.44. The third-order valence-electron chi connectivity index (χ3n) is 14.9. The number of benzene rings is 8. The number of anilines is 3. The average Bonchev–Trinajstić information content (AvgIpc) is 3.61. The molecule has 0 saturated heterocycles. The molecule has 0 heterocycles. The summed E-state index contributed by atoms with van der Waals surface area (Å²) in [4.78, 5) is 2.50. The minimum Gasteiger partial charge on any atom is -0.310 e. The molecule has 0 N–H and O–H groups in total. The molecule has 1 nitrogen and oxygen atoms in total. The van der Waals surface area contributed by atoms with Crippen molar-refractivity contribution in [3.05, 3.63) is 234 Å². The Kier molecular flexibility index (Phi) is 8.51. The van der Waals surface area contributed by atoms with Gasteiger partial charge in [0.2, 0.25) is 0 Å². The molecule has 4 bridgehead atoms. The highest BCUT2D eigenvalue weighted by Crippen LogP contribution is 2.60. The van der Waals surface area contributed by atoms with E-state index in [2.05, 4.69) is 211 Å². The van der Waals surface area contributed by atoms with Crippen LogP contribution in [0.15, 0.2) is 206 Å². The maximum Gasteiger partial charge on any atom is 0.0714 e. The first kappa shape index (κ1) is 35.5. The number of nitrogens with zero attached hydrogens (tertiary/aromatic N) is 1. The van der Waals surface area contributed by atoms with Gasteiger partial charge in [0.05, 0.1) is 5.41 Å². The van der Waals surface area contributed by atoms with Crippen molar-refractivity contribution < 1.29 is 0 Å². The van der Waals surface area contributed by atoms with E-state index < -0.39 is 5.41 Å². The molecule has 5 aliphatic carbocycles. The van der Waals surface area contributed by atoms with Crippen LogP contribution in [0.1, 0.15) is 65.8 Å². The van der Waals surface area contributed by atoms with Crippen LogP contribution >= 0.6 is 0 Å². The van der Waals surface area contributed by atoms with Crippen LogP contribution in [0.25, 0.3) is 33.4 Å². The Balaban J connectivity index is 1.01. The Morgan fingerprint density at radius 1 is 0.350 bits per heavy atom. The lowest BCUT2D eigenvalue weighted by molar-refractivity contribution is -0.00277. The van der Waals surface area contributed by atoms with Gasteiger partial charge in [0.1, 0.15) is 0 Å². The second kappa shape index (κ2) is 14.4. The van der Waals surface area contributed by atoms with Crippen molar-refractivity contribution in [2.24, 2.45) is 23.7 Å². The molecule has 8 aromatic carbocycles. The summed E-state index contributed by atoms with van der Waals surface area (Å²) >= 11 is 0. The Morgan fingerprint density at radius 2 is 0.800 bits per heavy atom. The van der Waals surface area contributed by atoms with Gasteiger partial charge in [-0.3, -0.25) is 0 Å². The lowest BCUT2D eigenvalue weighted by Crippen LogP contribution is -2.43. The maximum absolute atomic E-state index is 2.50. The van der Waals surface area contributed by atoms with E-state index in [1.54, 1.807) is 5.56 Å². The van der Waals surface area contributed by atoms with Crippen molar-refractivity contribution in [1.29, 1.82) is 0 Å². The minimum absolute atomic E-state index is 0.468. The van der Waals surface area contributed by atoms with Crippen LogP contribution in [-0.2, 0) is 5.41 Å². The molecule has 0 aromatic heterocycles. The van der Waals surface area contributed by atoms with Crippen molar-refractivity contribution in [3.63, 3.8) is 0 Å². The van der Waals surface area contributed by atoms with Gasteiger partial charge in [-0.05, 0) is 159 Å². The fourth-order valence-electron chi connectivity index (χ4n) is 12.7. The predicted molar refractivity (Wildman–Crippen MR) is 249 cm³/mol. The summed E-state index contributed by atoms with van der Waals surface area (Å²) in [6.45, 7) is 0. The fraction of sp³-hybridized carbons (Fsp3) is 0.186. The second-order valence-corrected chi connectivity index (χ2v) is 18.1. The van der Waals surface area contributed by atoms with Crippen LogP contribution in [0.4, 0.5) is 17.1 Å². The second-order valence-electron chi connectivity index (χ2n) is 18.1. The molecule has 4 saturated carbocycles. The molecule has 13 rings (SSSR count). The van der Waals surface area contributed by atoms with Crippen molar-refractivity contribution >= 4 is 17.1 Å². The molecular weight excluding hydrogens is 723 g/mol. The van der Waals surface area contributed by atoms with Gasteiger partial charge >= 0.3 is 0 Å². The van der Waals surface area contributed by atoms with Gasteiger partial charge in [-0.1, -0.05) is 170 Å². The van der Waals surface area contributed by atoms with Crippen molar-refractivity contribution in [2.75, 3.05) is 4.90 Å². The highest BCUT2D eigenvalue weighted by molar-refractivity contribution is 5.90. The normalized spacial score (nSPS) is 21.6. The maximum atomic E-state index is 2.50. The molecule has 0 atom stereocenters. The number of hydrogen-bond acceptors (Lipinski definition) is 1. The molecule has 0 spiro atoms. The van der Waals surface area contributed by atoms with Crippen molar-refractivity contribution in [1.82, 2.24) is 0 Å². The van der Waals surface area contributed by atoms with E-state index in [1.165, 1.54) is 93.4 Å². The molecule has 8 aromatic rings. The van der Waals surface area contributed by atoms with Gasteiger partial charge in [-0.2, -0.15) is 0 Å². The SMILES string of the molecule is c1ccc(-c2ccccc2-c2ccc(N(c3ccc(C4C5CC6CC(C5)CC4C6)cc3)c3ccc4c(c3)C(c3ccccc3)(c3ccccc3)c3ccccc3-4)cc2)cc1. The van der Waals surface area contributed by atoms with Gasteiger partial charge in [0.25, 0.3) is 0 Å². The Morgan fingerprint density at radius 3 is 1.38 bits per heavy atom. The third kappa shape index (κ3) is 5.66. The summed E-state index contributed by atoms with van der Waals surface area (Å²) in [6.07, 6.45) is 7.24. The number of hydrogen-bond donors (Lipinski definition) is 0. The third-order valence-corrected chi connectivity index (χ3v) is 14.9. The molecule has 290 valence electrons. The molecule has 5 aliphatic rings. The number of fused-ring (bicyclic) bond motifs is 3. The van der Waals surface area contributed by atoms with Crippen LogP contribution in [-0.4, -0.2) is 0 Å². The summed E-state index contributed by atoms with van der Waals surface area (Å²) in [5.41, 5.74) is 17.4. The van der Waals surface area contributed by atoms with Gasteiger partial charge in [-0.15, -0.1) is 0 Å². The van der Waals surface area contributed by atoms with Gasteiger partial charge in [0.15, 0.2) is 0 Å². The van der Waals surface area contributed by atoms with Crippen LogP contribution < -0.4 is 4.90 Å². The fourth-order valence-corrected chi connectivity index (χ4v) is 12.7. The zero-order valence-corrected chi connectivity index (χ0v) is 34.0. The summed E-state index contributed by atoms with van der Waals surface area (Å²) in [6, 6.07) is 77.3. The van der Waals surface area contributed by atoms with E-state index in [0.29, 0.717) is 5.92 Å².